The topological polar surface area (TPSA) is 72.9 Å². The Balaban J connectivity index is 2.89. The van der Waals surface area contributed by atoms with Crippen molar-refractivity contribution in [1.82, 2.24) is 4.90 Å². The third-order valence-electron chi connectivity index (χ3n) is 4.86. The van der Waals surface area contributed by atoms with Gasteiger partial charge in [0, 0.05) is 19.0 Å². The Hall–Kier alpha value is -1.59. The van der Waals surface area contributed by atoms with E-state index in [1.807, 2.05) is 34.6 Å². The molecular formula is C18H31NO5. The Morgan fingerprint density at radius 2 is 1.75 bits per heavy atom. The second-order valence-corrected chi connectivity index (χ2v) is 7.63. The van der Waals surface area contributed by atoms with Crippen molar-refractivity contribution in [2.24, 2.45) is 17.3 Å². The van der Waals surface area contributed by atoms with Gasteiger partial charge in [-0.1, -0.05) is 13.8 Å². The number of piperidine rings is 1. The molecule has 138 valence electrons. The van der Waals surface area contributed by atoms with Crippen LogP contribution < -0.4 is 0 Å². The molecule has 1 rings (SSSR count). The molecule has 0 radical (unpaired) electrons. The number of carbonyl (C=O) groups excluding carboxylic acids is 3. The number of hydrogen-bond acceptors (Lipinski definition) is 5. The molecule has 0 N–H and O–H groups in total. The number of rotatable bonds is 5. The maximum atomic E-state index is 12.6. The number of hydrogen-bond donors (Lipinski definition) is 0. The molecule has 1 fully saturated rings. The van der Waals surface area contributed by atoms with Crippen molar-refractivity contribution in [1.29, 1.82) is 0 Å². The highest BCUT2D eigenvalue weighted by Crippen LogP contribution is 2.43. The van der Waals surface area contributed by atoms with E-state index in [1.165, 1.54) is 0 Å². The van der Waals surface area contributed by atoms with Crippen LogP contribution in [-0.2, 0) is 19.1 Å². The zero-order chi connectivity index (χ0) is 18.5. The van der Waals surface area contributed by atoms with Crippen LogP contribution in [0.15, 0.2) is 0 Å². The average molecular weight is 341 g/mol. The number of aldehydes is 1. The third-order valence-corrected chi connectivity index (χ3v) is 4.86. The predicted octanol–water partition coefficient (Wildman–Crippen LogP) is 3.04. The summed E-state index contributed by atoms with van der Waals surface area (Å²) in [4.78, 5) is 37.7. The van der Waals surface area contributed by atoms with Crippen molar-refractivity contribution in [3.8, 4) is 0 Å². The number of esters is 1. The van der Waals surface area contributed by atoms with Crippen molar-refractivity contribution in [3.63, 3.8) is 0 Å². The number of likely N-dealkylation sites (tertiary alicyclic amines) is 1. The van der Waals surface area contributed by atoms with E-state index in [1.54, 1.807) is 11.8 Å². The van der Waals surface area contributed by atoms with Crippen LogP contribution in [0.5, 0.6) is 0 Å². The molecule has 1 heterocycles. The smallest absolute Gasteiger partial charge is 0.410 e. The lowest BCUT2D eigenvalue weighted by Crippen LogP contribution is -2.52. The van der Waals surface area contributed by atoms with Crippen LogP contribution in [0.1, 0.15) is 54.4 Å². The van der Waals surface area contributed by atoms with Crippen LogP contribution in [0, 0.1) is 17.3 Å². The van der Waals surface area contributed by atoms with Crippen molar-refractivity contribution in [2.45, 2.75) is 60.0 Å². The molecular weight excluding hydrogens is 310 g/mol. The Labute approximate surface area is 144 Å². The second-order valence-electron chi connectivity index (χ2n) is 7.63. The monoisotopic (exact) mass is 341 g/mol. The Morgan fingerprint density at radius 1 is 1.21 bits per heavy atom. The van der Waals surface area contributed by atoms with Crippen molar-refractivity contribution in [2.75, 3.05) is 19.7 Å². The number of nitrogens with zero attached hydrogens (tertiary/aromatic N) is 1. The van der Waals surface area contributed by atoms with Gasteiger partial charge in [-0.3, -0.25) is 4.79 Å². The van der Waals surface area contributed by atoms with Gasteiger partial charge >= 0.3 is 12.1 Å². The van der Waals surface area contributed by atoms with E-state index < -0.39 is 11.0 Å². The SMILES string of the molecule is CCOC(=O)C1(C(C)C(C)C=O)CCN(C(=O)OC(C)(C)C)CC1. The first kappa shape index (κ1) is 20.5. The van der Waals surface area contributed by atoms with Gasteiger partial charge in [0.1, 0.15) is 11.9 Å². The van der Waals surface area contributed by atoms with Crippen molar-refractivity contribution >= 4 is 18.3 Å². The summed E-state index contributed by atoms with van der Waals surface area (Å²) in [6.45, 7) is 12.1. The normalized spacial score (nSPS) is 20.0. The van der Waals surface area contributed by atoms with E-state index in [-0.39, 0.29) is 23.9 Å². The maximum Gasteiger partial charge on any atom is 0.410 e. The van der Waals surface area contributed by atoms with E-state index >= 15 is 0 Å². The fourth-order valence-corrected chi connectivity index (χ4v) is 3.16. The van der Waals surface area contributed by atoms with Crippen LogP contribution in [0.3, 0.4) is 0 Å². The van der Waals surface area contributed by atoms with Crippen LogP contribution in [0.2, 0.25) is 0 Å². The zero-order valence-corrected chi connectivity index (χ0v) is 15.8. The summed E-state index contributed by atoms with van der Waals surface area (Å²) in [6, 6.07) is 0. The predicted molar refractivity (Wildman–Crippen MR) is 90.5 cm³/mol. The Morgan fingerprint density at radius 3 is 2.17 bits per heavy atom. The molecule has 2 unspecified atom stereocenters. The molecule has 2 atom stereocenters. The molecule has 0 saturated carbocycles. The molecule has 1 saturated heterocycles. The third kappa shape index (κ3) is 4.71. The minimum atomic E-state index is -0.727. The Kier molecular flexibility index (Phi) is 6.81. The molecule has 1 amide bonds. The number of carbonyl (C=O) groups is 3. The second kappa shape index (κ2) is 7.99. The summed E-state index contributed by atoms with van der Waals surface area (Å²) in [5.41, 5.74) is -1.28. The van der Waals surface area contributed by atoms with E-state index in [4.69, 9.17) is 9.47 Å². The van der Waals surface area contributed by atoms with Crippen LogP contribution in [0.25, 0.3) is 0 Å². The molecule has 0 aromatic rings. The molecule has 0 aromatic carbocycles. The van der Waals surface area contributed by atoms with Gasteiger partial charge in [-0.25, -0.2) is 4.79 Å². The maximum absolute atomic E-state index is 12.6. The summed E-state index contributed by atoms with van der Waals surface area (Å²) in [7, 11) is 0. The first-order valence-electron chi connectivity index (χ1n) is 8.68. The van der Waals surface area contributed by atoms with Gasteiger partial charge in [0.15, 0.2) is 0 Å². The van der Waals surface area contributed by atoms with E-state index in [2.05, 4.69) is 0 Å². The average Bonchev–Trinajstić information content (AvgIpc) is 2.52. The van der Waals surface area contributed by atoms with Crippen molar-refractivity contribution < 1.29 is 23.9 Å². The molecule has 1 aliphatic rings. The van der Waals surface area contributed by atoms with Gasteiger partial charge < -0.3 is 19.2 Å². The van der Waals surface area contributed by atoms with Gasteiger partial charge in [-0.2, -0.15) is 0 Å². The number of amides is 1. The standard InChI is InChI=1S/C18H31NO5/c1-7-23-15(21)18(14(3)13(2)12-20)8-10-19(11-9-18)16(22)24-17(4,5)6/h12-14H,7-11H2,1-6H3. The lowest BCUT2D eigenvalue weighted by Gasteiger charge is -2.44. The summed E-state index contributed by atoms with van der Waals surface area (Å²) in [5.74, 6) is -0.660. The van der Waals surface area contributed by atoms with Gasteiger partial charge in [-0.15, -0.1) is 0 Å². The van der Waals surface area contributed by atoms with E-state index in [0.29, 0.717) is 32.5 Å². The van der Waals surface area contributed by atoms with Crippen LogP contribution >= 0.6 is 0 Å². The largest absolute Gasteiger partial charge is 0.466 e. The molecule has 24 heavy (non-hydrogen) atoms. The molecule has 0 aromatic heterocycles. The highest BCUT2D eigenvalue weighted by molar-refractivity contribution is 5.79. The van der Waals surface area contributed by atoms with Gasteiger partial charge in [0.2, 0.25) is 0 Å². The minimum absolute atomic E-state index is 0.144. The summed E-state index contributed by atoms with van der Waals surface area (Å²) in [6.07, 6.45) is 1.47. The Bertz CT molecular complexity index is 461. The van der Waals surface area contributed by atoms with Gasteiger partial charge in [-0.05, 0) is 46.5 Å². The molecule has 0 spiro atoms. The zero-order valence-electron chi connectivity index (χ0n) is 15.8. The summed E-state index contributed by atoms with van der Waals surface area (Å²) < 4.78 is 10.7. The minimum Gasteiger partial charge on any atom is -0.466 e. The molecule has 0 aliphatic carbocycles. The van der Waals surface area contributed by atoms with Crippen LogP contribution in [0.4, 0.5) is 4.79 Å². The number of ether oxygens (including phenoxy) is 2. The highest BCUT2D eigenvalue weighted by Gasteiger charge is 2.49. The highest BCUT2D eigenvalue weighted by atomic mass is 16.6. The summed E-state index contributed by atoms with van der Waals surface area (Å²) in [5, 5.41) is 0. The first-order chi connectivity index (χ1) is 11.1. The van der Waals surface area contributed by atoms with Crippen LogP contribution in [-0.4, -0.2) is 48.5 Å². The molecule has 6 heteroatoms. The lowest BCUT2D eigenvalue weighted by atomic mass is 9.65. The molecule has 1 aliphatic heterocycles. The molecule has 0 bridgehead atoms. The van der Waals surface area contributed by atoms with Gasteiger partial charge in [0.25, 0.3) is 0 Å². The molecule has 6 nitrogen and oxygen atoms in total. The fraction of sp³-hybridized carbons (Fsp3) is 0.833. The summed E-state index contributed by atoms with van der Waals surface area (Å²) >= 11 is 0. The first-order valence-corrected chi connectivity index (χ1v) is 8.68. The fourth-order valence-electron chi connectivity index (χ4n) is 3.16. The van der Waals surface area contributed by atoms with E-state index in [0.717, 1.165) is 6.29 Å². The lowest BCUT2D eigenvalue weighted by molar-refractivity contribution is -0.164. The quantitative estimate of drug-likeness (QED) is 0.568. The van der Waals surface area contributed by atoms with Gasteiger partial charge in [0.05, 0.1) is 12.0 Å². The van der Waals surface area contributed by atoms with Crippen molar-refractivity contribution in [3.05, 3.63) is 0 Å². The van der Waals surface area contributed by atoms with E-state index in [9.17, 15) is 14.4 Å².